The molecule has 17 heavy (non-hydrogen) atoms. The molecule has 0 saturated heterocycles. The Morgan fingerprint density at radius 1 is 1.41 bits per heavy atom. The molecule has 0 amide bonds. The summed E-state index contributed by atoms with van der Waals surface area (Å²) in [6.07, 6.45) is 3.58. The third-order valence-corrected chi connectivity index (χ3v) is 2.69. The van der Waals surface area contributed by atoms with Gasteiger partial charge < -0.3 is 15.0 Å². The molecule has 1 atom stereocenters. The van der Waals surface area contributed by atoms with E-state index in [1.54, 1.807) is 18.3 Å². The number of hydrogen-bond donors (Lipinski definition) is 1. The molecule has 2 aromatic rings. The van der Waals surface area contributed by atoms with Crippen molar-refractivity contribution in [2.45, 2.75) is 6.04 Å². The second-order valence-electron chi connectivity index (χ2n) is 3.77. The maximum absolute atomic E-state index is 5.98. The lowest BCUT2D eigenvalue weighted by Crippen LogP contribution is -2.22. The van der Waals surface area contributed by atoms with E-state index < -0.39 is 0 Å². The van der Waals surface area contributed by atoms with Gasteiger partial charge in [0.1, 0.15) is 18.2 Å². The summed E-state index contributed by atoms with van der Waals surface area (Å²) in [6.45, 7) is 0.381. The van der Waals surface area contributed by atoms with Gasteiger partial charge in [0.2, 0.25) is 0 Å². The van der Waals surface area contributed by atoms with E-state index in [4.69, 9.17) is 22.1 Å². The smallest absolute Gasteiger partial charge is 0.128 e. The van der Waals surface area contributed by atoms with Crippen molar-refractivity contribution in [2.75, 3.05) is 6.61 Å². The zero-order valence-corrected chi connectivity index (χ0v) is 10.3. The second-order valence-corrected chi connectivity index (χ2v) is 4.20. The topological polar surface area (TPSA) is 53.1 Å². The number of nitrogens with two attached hydrogens (primary N) is 1. The van der Waals surface area contributed by atoms with Gasteiger partial charge in [-0.3, -0.25) is 0 Å². The van der Waals surface area contributed by atoms with Gasteiger partial charge in [-0.15, -0.1) is 0 Å². The summed E-state index contributed by atoms with van der Waals surface area (Å²) in [6, 6.07) is 6.94. The lowest BCUT2D eigenvalue weighted by Gasteiger charge is -2.13. The predicted molar refractivity (Wildman–Crippen MR) is 67.1 cm³/mol. The van der Waals surface area contributed by atoms with Crippen molar-refractivity contribution < 1.29 is 4.74 Å². The van der Waals surface area contributed by atoms with E-state index in [9.17, 15) is 0 Å². The van der Waals surface area contributed by atoms with Crippen molar-refractivity contribution in [1.82, 2.24) is 9.55 Å². The SMILES string of the molecule is Cn1ccnc1C(N)COc1ccc(Cl)cc1. The van der Waals surface area contributed by atoms with Crippen LogP contribution in [0.5, 0.6) is 5.75 Å². The van der Waals surface area contributed by atoms with E-state index in [0.717, 1.165) is 11.6 Å². The van der Waals surface area contributed by atoms with Crippen molar-refractivity contribution in [2.24, 2.45) is 12.8 Å². The zero-order valence-electron chi connectivity index (χ0n) is 9.51. The summed E-state index contributed by atoms with van der Waals surface area (Å²) < 4.78 is 7.45. The fourth-order valence-corrected chi connectivity index (χ4v) is 1.65. The number of aromatic nitrogens is 2. The fourth-order valence-electron chi connectivity index (χ4n) is 1.53. The number of rotatable bonds is 4. The van der Waals surface area contributed by atoms with Crippen LogP contribution in [0.4, 0.5) is 0 Å². The van der Waals surface area contributed by atoms with Gasteiger partial charge in [-0.2, -0.15) is 0 Å². The molecule has 0 aliphatic carbocycles. The lowest BCUT2D eigenvalue weighted by molar-refractivity contribution is 0.284. The molecule has 0 radical (unpaired) electrons. The fraction of sp³-hybridized carbons (Fsp3) is 0.250. The monoisotopic (exact) mass is 251 g/mol. The van der Waals surface area contributed by atoms with Gasteiger partial charge in [0.15, 0.2) is 0 Å². The summed E-state index contributed by atoms with van der Waals surface area (Å²) in [4.78, 5) is 4.18. The minimum atomic E-state index is -0.245. The number of benzene rings is 1. The van der Waals surface area contributed by atoms with Gasteiger partial charge in [0.25, 0.3) is 0 Å². The molecular formula is C12H14ClN3O. The van der Waals surface area contributed by atoms with E-state index >= 15 is 0 Å². The zero-order chi connectivity index (χ0) is 12.3. The summed E-state index contributed by atoms with van der Waals surface area (Å²) in [5, 5.41) is 0.686. The number of hydrogen-bond acceptors (Lipinski definition) is 3. The van der Waals surface area contributed by atoms with Crippen LogP contribution < -0.4 is 10.5 Å². The average molecular weight is 252 g/mol. The Hall–Kier alpha value is -1.52. The Labute approximate surface area is 105 Å². The van der Waals surface area contributed by atoms with Crippen LogP contribution in [-0.2, 0) is 7.05 Å². The Balaban J connectivity index is 1.94. The second kappa shape index (κ2) is 5.21. The van der Waals surface area contributed by atoms with Gasteiger partial charge >= 0.3 is 0 Å². The highest BCUT2D eigenvalue weighted by Gasteiger charge is 2.11. The highest BCUT2D eigenvalue weighted by atomic mass is 35.5. The third kappa shape index (κ3) is 2.99. The standard InChI is InChI=1S/C12H14ClN3O/c1-16-7-6-15-12(16)11(14)8-17-10-4-2-9(13)3-5-10/h2-7,11H,8,14H2,1H3. The third-order valence-electron chi connectivity index (χ3n) is 2.43. The van der Waals surface area contributed by atoms with E-state index in [1.807, 2.05) is 29.9 Å². The average Bonchev–Trinajstić information content (AvgIpc) is 2.74. The van der Waals surface area contributed by atoms with Crippen LogP contribution in [-0.4, -0.2) is 16.2 Å². The van der Waals surface area contributed by atoms with Gasteiger partial charge in [-0.05, 0) is 24.3 Å². The van der Waals surface area contributed by atoms with E-state index in [0.29, 0.717) is 11.6 Å². The van der Waals surface area contributed by atoms with Crippen molar-refractivity contribution in [3.63, 3.8) is 0 Å². The first kappa shape index (κ1) is 12.0. The first-order valence-electron chi connectivity index (χ1n) is 5.28. The molecule has 0 aliphatic heterocycles. The Morgan fingerprint density at radius 3 is 2.71 bits per heavy atom. The maximum Gasteiger partial charge on any atom is 0.128 e. The van der Waals surface area contributed by atoms with Gasteiger partial charge in [-0.25, -0.2) is 4.98 Å². The first-order chi connectivity index (χ1) is 8.16. The van der Waals surface area contributed by atoms with Crippen molar-refractivity contribution >= 4 is 11.6 Å². The predicted octanol–water partition coefficient (Wildman–Crippen LogP) is 2.15. The van der Waals surface area contributed by atoms with Crippen molar-refractivity contribution in [1.29, 1.82) is 0 Å². The number of nitrogens with zero attached hydrogens (tertiary/aromatic N) is 2. The van der Waals surface area contributed by atoms with Crippen LogP contribution in [0.25, 0.3) is 0 Å². The largest absolute Gasteiger partial charge is 0.491 e. The van der Waals surface area contributed by atoms with Gasteiger partial charge in [0, 0.05) is 24.5 Å². The van der Waals surface area contributed by atoms with Crippen LogP contribution >= 0.6 is 11.6 Å². The van der Waals surface area contributed by atoms with Gasteiger partial charge in [-0.1, -0.05) is 11.6 Å². The summed E-state index contributed by atoms with van der Waals surface area (Å²) in [5.41, 5.74) is 5.98. The normalized spacial score (nSPS) is 12.4. The number of halogens is 1. The van der Waals surface area contributed by atoms with Gasteiger partial charge in [0.05, 0.1) is 6.04 Å². The molecule has 1 heterocycles. The molecule has 5 heteroatoms. The molecule has 4 nitrogen and oxygen atoms in total. The molecule has 90 valence electrons. The lowest BCUT2D eigenvalue weighted by atomic mass is 10.3. The van der Waals surface area contributed by atoms with Crippen LogP contribution in [0.15, 0.2) is 36.7 Å². The van der Waals surface area contributed by atoms with Crippen molar-refractivity contribution in [3.05, 3.63) is 47.5 Å². The molecule has 2 N–H and O–H groups in total. The Kier molecular flexibility index (Phi) is 3.66. The summed E-state index contributed by atoms with van der Waals surface area (Å²) in [5.74, 6) is 1.55. The maximum atomic E-state index is 5.98. The quantitative estimate of drug-likeness (QED) is 0.906. The van der Waals surface area contributed by atoms with Crippen LogP contribution in [0.1, 0.15) is 11.9 Å². The molecule has 1 aromatic carbocycles. The number of ether oxygens (including phenoxy) is 1. The van der Waals surface area contributed by atoms with Crippen LogP contribution in [0.2, 0.25) is 5.02 Å². The van der Waals surface area contributed by atoms with Crippen molar-refractivity contribution in [3.8, 4) is 5.75 Å². The molecule has 1 aromatic heterocycles. The Bertz CT molecular complexity index is 481. The molecule has 0 bridgehead atoms. The highest BCUT2D eigenvalue weighted by molar-refractivity contribution is 6.30. The highest BCUT2D eigenvalue weighted by Crippen LogP contribution is 2.17. The molecular weight excluding hydrogens is 238 g/mol. The molecule has 0 fully saturated rings. The van der Waals surface area contributed by atoms with Crippen LogP contribution in [0.3, 0.4) is 0 Å². The minimum absolute atomic E-state index is 0.245. The molecule has 2 rings (SSSR count). The van der Waals surface area contributed by atoms with E-state index in [1.165, 1.54) is 0 Å². The number of imidazole rings is 1. The molecule has 0 saturated carbocycles. The summed E-state index contributed by atoms with van der Waals surface area (Å²) >= 11 is 5.78. The molecule has 0 aliphatic rings. The minimum Gasteiger partial charge on any atom is -0.491 e. The van der Waals surface area contributed by atoms with E-state index in [-0.39, 0.29) is 6.04 Å². The number of aryl methyl sites for hydroxylation is 1. The first-order valence-corrected chi connectivity index (χ1v) is 5.66. The molecule has 0 spiro atoms. The Morgan fingerprint density at radius 2 is 2.12 bits per heavy atom. The van der Waals surface area contributed by atoms with E-state index in [2.05, 4.69) is 4.98 Å². The summed E-state index contributed by atoms with van der Waals surface area (Å²) in [7, 11) is 1.91. The molecule has 1 unspecified atom stereocenters. The van der Waals surface area contributed by atoms with Crippen LogP contribution in [0, 0.1) is 0 Å².